The number of hydrogen-bond acceptors (Lipinski definition) is 5. The van der Waals surface area contributed by atoms with Gasteiger partial charge in [-0.25, -0.2) is 14.8 Å². The van der Waals surface area contributed by atoms with Crippen LogP contribution in [-0.4, -0.2) is 39.1 Å². The molecule has 2 aliphatic rings. The molecular formula is C21H22N4O2S. The van der Waals surface area contributed by atoms with Crippen LogP contribution in [0.5, 0.6) is 5.88 Å². The van der Waals surface area contributed by atoms with Gasteiger partial charge in [-0.2, -0.15) is 0 Å². The molecule has 144 valence electrons. The van der Waals surface area contributed by atoms with Gasteiger partial charge in [0.05, 0.1) is 15.2 Å². The van der Waals surface area contributed by atoms with E-state index in [1.807, 2.05) is 48.2 Å². The molecule has 2 aliphatic heterocycles. The number of benzene rings is 1. The third-order valence-electron chi connectivity index (χ3n) is 5.60. The van der Waals surface area contributed by atoms with E-state index in [1.165, 1.54) is 0 Å². The number of piperidine rings is 1. The van der Waals surface area contributed by atoms with Gasteiger partial charge in [0.2, 0.25) is 5.88 Å². The molecule has 0 spiro atoms. The second kappa shape index (κ2) is 7.05. The molecule has 7 heteroatoms. The van der Waals surface area contributed by atoms with Crippen LogP contribution >= 0.6 is 11.3 Å². The SMILES string of the molecule is Cc1nc2cc(NC(=O)N3[C@H]4CC[C@H]3CC(Oc3ccccn3)C4)ccc2s1. The molecule has 4 heterocycles. The number of hydrogen-bond donors (Lipinski definition) is 1. The lowest BCUT2D eigenvalue weighted by Crippen LogP contribution is -2.50. The summed E-state index contributed by atoms with van der Waals surface area (Å²) in [5, 5.41) is 4.11. The number of thiazole rings is 1. The molecule has 2 saturated heterocycles. The second-order valence-electron chi connectivity index (χ2n) is 7.52. The number of carbonyl (C=O) groups excluding carboxylic acids is 1. The molecule has 2 amide bonds. The molecule has 0 unspecified atom stereocenters. The molecule has 2 bridgehead atoms. The Morgan fingerprint density at radius 3 is 2.79 bits per heavy atom. The molecular weight excluding hydrogens is 372 g/mol. The fourth-order valence-electron chi connectivity index (χ4n) is 4.45. The third kappa shape index (κ3) is 3.30. The van der Waals surface area contributed by atoms with Crippen LogP contribution in [0.15, 0.2) is 42.6 Å². The molecule has 6 nitrogen and oxygen atoms in total. The molecule has 2 fully saturated rings. The van der Waals surface area contributed by atoms with Gasteiger partial charge in [-0.1, -0.05) is 6.07 Å². The highest BCUT2D eigenvalue weighted by Crippen LogP contribution is 2.37. The molecule has 0 radical (unpaired) electrons. The summed E-state index contributed by atoms with van der Waals surface area (Å²) in [5.74, 6) is 0.664. The number of aryl methyl sites for hydroxylation is 1. The van der Waals surface area contributed by atoms with Gasteiger partial charge in [0.15, 0.2) is 0 Å². The molecule has 1 aromatic carbocycles. The van der Waals surface area contributed by atoms with Crippen LogP contribution in [0, 0.1) is 6.92 Å². The number of ether oxygens (including phenoxy) is 1. The summed E-state index contributed by atoms with van der Waals surface area (Å²) < 4.78 is 7.20. The number of aromatic nitrogens is 2. The molecule has 1 N–H and O–H groups in total. The van der Waals surface area contributed by atoms with Gasteiger partial charge < -0.3 is 15.0 Å². The number of anilines is 1. The monoisotopic (exact) mass is 394 g/mol. The largest absolute Gasteiger partial charge is 0.474 e. The third-order valence-corrected chi connectivity index (χ3v) is 6.55. The van der Waals surface area contributed by atoms with Gasteiger partial charge in [-0.05, 0) is 44.0 Å². The maximum absolute atomic E-state index is 13.0. The van der Waals surface area contributed by atoms with Crippen LogP contribution in [0.25, 0.3) is 10.2 Å². The zero-order chi connectivity index (χ0) is 19.1. The van der Waals surface area contributed by atoms with Crippen LogP contribution in [0.4, 0.5) is 10.5 Å². The lowest BCUT2D eigenvalue weighted by atomic mass is 10.00. The second-order valence-corrected chi connectivity index (χ2v) is 8.75. The summed E-state index contributed by atoms with van der Waals surface area (Å²) in [6.45, 7) is 2.00. The quantitative estimate of drug-likeness (QED) is 0.705. The standard InChI is InChI=1S/C21H22N4O2S/c1-13-23-18-10-14(5-8-19(18)28-13)24-21(26)25-15-6-7-16(25)12-17(11-15)27-20-4-2-3-9-22-20/h2-5,8-10,15-17H,6-7,11-12H2,1H3,(H,24,26)/t15-,16-/m0/s1. The zero-order valence-corrected chi connectivity index (χ0v) is 16.5. The van der Waals surface area contributed by atoms with Crippen molar-refractivity contribution in [3.8, 4) is 5.88 Å². The Morgan fingerprint density at radius 1 is 1.21 bits per heavy atom. The van der Waals surface area contributed by atoms with Crippen LogP contribution in [-0.2, 0) is 0 Å². The highest BCUT2D eigenvalue weighted by Gasteiger charge is 2.44. The van der Waals surface area contributed by atoms with Crippen molar-refractivity contribution in [2.24, 2.45) is 0 Å². The number of fused-ring (bicyclic) bond motifs is 3. The highest BCUT2D eigenvalue weighted by molar-refractivity contribution is 7.18. The number of nitrogens with one attached hydrogen (secondary N) is 1. The minimum atomic E-state index is -0.0184. The maximum Gasteiger partial charge on any atom is 0.322 e. The summed E-state index contributed by atoms with van der Waals surface area (Å²) in [7, 11) is 0. The van der Waals surface area contributed by atoms with Gasteiger partial charge in [-0.3, -0.25) is 0 Å². The van der Waals surface area contributed by atoms with Gasteiger partial charge in [0.25, 0.3) is 0 Å². The summed E-state index contributed by atoms with van der Waals surface area (Å²) in [6, 6.07) is 12.1. The average molecular weight is 395 g/mol. The van der Waals surface area contributed by atoms with Gasteiger partial charge in [0.1, 0.15) is 6.10 Å². The Kier molecular flexibility index (Phi) is 4.39. The minimum absolute atomic E-state index is 0.0184. The van der Waals surface area contributed by atoms with E-state index < -0.39 is 0 Å². The molecule has 2 atom stereocenters. The van der Waals surface area contributed by atoms with Crippen LogP contribution in [0.3, 0.4) is 0 Å². The lowest BCUT2D eigenvalue weighted by molar-refractivity contribution is 0.0704. The molecule has 0 saturated carbocycles. The number of carbonyl (C=O) groups is 1. The van der Waals surface area contributed by atoms with Crippen molar-refractivity contribution < 1.29 is 9.53 Å². The fourth-order valence-corrected chi connectivity index (χ4v) is 5.26. The smallest absolute Gasteiger partial charge is 0.322 e. The van der Waals surface area contributed by atoms with E-state index >= 15 is 0 Å². The lowest BCUT2D eigenvalue weighted by Gasteiger charge is -2.38. The summed E-state index contributed by atoms with van der Waals surface area (Å²) in [5.41, 5.74) is 1.74. The summed E-state index contributed by atoms with van der Waals surface area (Å²) >= 11 is 1.67. The number of rotatable bonds is 3. The predicted molar refractivity (Wildman–Crippen MR) is 110 cm³/mol. The van der Waals surface area contributed by atoms with Crippen LogP contribution in [0.2, 0.25) is 0 Å². The maximum atomic E-state index is 13.0. The molecule has 28 heavy (non-hydrogen) atoms. The van der Waals surface area contributed by atoms with Gasteiger partial charge in [-0.15, -0.1) is 11.3 Å². The summed E-state index contributed by atoms with van der Waals surface area (Å²) in [6.07, 6.45) is 5.63. The number of nitrogens with zero attached hydrogens (tertiary/aromatic N) is 3. The Bertz CT molecular complexity index is 992. The van der Waals surface area contributed by atoms with E-state index in [0.29, 0.717) is 5.88 Å². The van der Waals surface area contributed by atoms with E-state index in [-0.39, 0.29) is 24.2 Å². The molecule has 0 aliphatic carbocycles. The van der Waals surface area contributed by atoms with Gasteiger partial charge in [0, 0.05) is 42.9 Å². The van der Waals surface area contributed by atoms with E-state index in [4.69, 9.17) is 4.74 Å². The number of pyridine rings is 1. The van der Waals surface area contributed by atoms with Crippen molar-refractivity contribution in [3.05, 3.63) is 47.6 Å². The normalized spacial score (nSPS) is 23.8. The number of urea groups is 1. The first-order chi connectivity index (χ1) is 13.7. The Hall–Kier alpha value is -2.67. The topological polar surface area (TPSA) is 67.4 Å². The Labute approximate surface area is 167 Å². The van der Waals surface area contributed by atoms with E-state index in [2.05, 4.69) is 15.3 Å². The fraction of sp³-hybridized carbons (Fsp3) is 0.381. The van der Waals surface area contributed by atoms with Crippen molar-refractivity contribution in [2.45, 2.75) is 50.8 Å². The predicted octanol–water partition coefficient (Wildman–Crippen LogP) is 4.61. The molecule has 2 aromatic heterocycles. The summed E-state index contributed by atoms with van der Waals surface area (Å²) in [4.78, 5) is 23.8. The van der Waals surface area contributed by atoms with Crippen molar-refractivity contribution in [1.29, 1.82) is 0 Å². The van der Waals surface area contributed by atoms with Crippen LogP contribution < -0.4 is 10.1 Å². The van der Waals surface area contributed by atoms with E-state index in [0.717, 1.165) is 46.6 Å². The first kappa shape index (κ1) is 17.4. The zero-order valence-electron chi connectivity index (χ0n) is 15.7. The van der Waals surface area contributed by atoms with Crippen molar-refractivity contribution in [3.63, 3.8) is 0 Å². The number of amides is 2. The van der Waals surface area contributed by atoms with Crippen LogP contribution in [0.1, 0.15) is 30.7 Å². The first-order valence-electron chi connectivity index (χ1n) is 9.70. The highest BCUT2D eigenvalue weighted by atomic mass is 32.1. The van der Waals surface area contributed by atoms with E-state index in [9.17, 15) is 4.79 Å². The van der Waals surface area contributed by atoms with Gasteiger partial charge >= 0.3 is 6.03 Å². The Balaban J connectivity index is 1.27. The van der Waals surface area contributed by atoms with Crippen molar-refractivity contribution in [1.82, 2.24) is 14.9 Å². The first-order valence-corrected chi connectivity index (χ1v) is 10.5. The Morgan fingerprint density at radius 2 is 2.04 bits per heavy atom. The molecule has 5 rings (SSSR count). The molecule has 3 aromatic rings. The van der Waals surface area contributed by atoms with E-state index in [1.54, 1.807) is 17.5 Å². The average Bonchev–Trinajstić information content (AvgIpc) is 3.18. The van der Waals surface area contributed by atoms with Crippen molar-refractivity contribution in [2.75, 3.05) is 5.32 Å². The van der Waals surface area contributed by atoms with Crippen molar-refractivity contribution >= 4 is 33.3 Å². The minimum Gasteiger partial charge on any atom is -0.474 e.